The molecule has 0 aliphatic heterocycles. The van der Waals surface area contributed by atoms with Crippen LogP contribution in [0.25, 0.3) is 0 Å². The highest BCUT2D eigenvalue weighted by atomic mass is 16.5. The standard InChI is InChI=1S/C10H21NO2/c1-5-9(4)13-10(12)6-7-11-8(2)3/h8-9,11H,5-7H2,1-4H3. The fourth-order valence-corrected chi connectivity index (χ4v) is 0.830. The van der Waals surface area contributed by atoms with Crippen molar-refractivity contribution in [2.75, 3.05) is 6.54 Å². The lowest BCUT2D eigenvalue weighted by molar-refractivity contribution is -0.148. The van der Waals surface area contributed by atoms with Crippen molar-refractivity contribution in [3.8, 4) is 0 Å². The van der Waals surface area contributed by atoms with Crippen LogP contribution in [0.1, 0.15) is 40.5 Å². The summed E-state index contributed by atoms with van der Waals surface area (Å²) in [4.78, 5) is 11.1. The summed E-state index contributed by atoms with van der Waals surface area (Å²) in [6, 6.07) is 0.427. The SMILES string of the molecule is CCC(C)OC(=O)CCNC(C)C. The Morgan fingerprint density at radius 3 is 2.46 bits per heavy atom. The molecule has 0 aromatic rings. The highest BCUT2D eigenvalue weighted by Gasteiger charge is 2.06. The molecular weight excluding hydrogens is 166 g/mol. The van der Waals surface area contributed by atoms with Gasteiger partial charge in [0.1, 0.15) is 0 Å². The van der Waals surface area contributed by atoms with E-state index in [1.54, 1.807) is 0 Å². The molecule has 0 fully saturated rings. The second-order valence-corrected chi connectivity index (χ2v) is 3.57. The molecule has 0 saturated heterocycles. The van der Waals surface area contributed by atoms with Gasteiger partial charge in [0.05, 0.1) is 12.5 Å². The topological polar surface area (TPSA) is 38.3 Å². The smallest absolute Gasteiger partial charge is 0.307 e. The van der Waals surface area contributed by atoms with E-state index in [9.17, 15) is 4.79 Å². The molecular formula is C10H21NO2. The Labute approximate surface area is 80.8 Å². The van der Waals surface area contributed by atoms with Crippen LogP contribution in [0.15, 0.2) is 0 Å². The highest BCUT2D eigenvalue weighted by Crippen LogP contribution is 1.98. The first-order valence-electron chi connectivity index (χ1n) is 4.99. The first-order chi connectivity index (χ1) is 6.06. The molecule has 1 unspecified atom stereocenters. The molecule has 0 saturated carbocycles. The lowest BCUT2D eigenvalue weighted by Crippen LogP contribution is -2.26. The van der Waals surface area contributed by atoms with Crippen LogP contribution in [-0.2, 0) is 9.53 Å². The zero-order chi connectivity index (χ0) is 10.3. The second kappa shape index (κ2) is 6.89. The second-order valence-electron chi connectivity index (χ2n) is 3.57. The molecule has 0 aliphatic rings. The van der Waals surface area contributed by atoms with Crippen LogP contribution in [0.3, 0.4) is 0 Å². The van der Waals surface area contributed by atoms with Gasteiger partial charge in [-0.25, -0.2) is 0 Å². The van der Waals surface area contributed by atoms with Crippen molar-refractivity contribution in [1.82, 2.24) is 5.32 Å². The molecule has 1 atom stereocenters. The Bertz CT molecular complexity index is 146. The third-order valence-electron chi connectivity index (χ3n) is 1.79. The predicted octanol–water partition coefficient (Wildman–Crippen LogP) is 1.72. The minimum Gasteiger partial charge on any atom is -0.463 e. The van der Waals surface area contributed by atoms with E-state index in [4.69, 9.17) is 4.74 Å². The molecule has 0 amide bonds. The summed E-state index contributed by atoms with van der Waals surface area (Å²) in [5.41, 5.74) is 0. The maximum absolute atomic E-state index is 11.1. The van der Waals surface area contributed by atoms with Crippen LogP contribution >= 0.6 is 0 Å². The van der Waals surface area contributed by atoms with Crippen molar-refractivity contribution < 1.29 is 9.53 Å². The van der Waals surface area contributed by atoms with E-state index in [1.807, 2.05) is 13.8 Å². The molecule has 0 aromatic carbocycles. The zero-order valence-corrected chi connectivity index (χ0v) is 9.09. The number of hydrogen-bond acceptors (Lipinski definition) is 3. The molecule has 78 valence electrons. The third-order valence-corrected chi connectivity index (χ3v) is 1.79. The minimum absolute atomic E-state index is 0.0477. The summed E-state index contributed by atoms with van der Waals surface area (Å²) in [6.07, 6.45) is 1.39. The summed E-state index contributed by atoms with van der Waals surface area (Å²) in [5, 5.41) is 3.17. The summed E-state index contributed by atoms with van der Waals surface area (Å²) in [6.45, 7) is 8.73. The van der Waals surface area contributed by atoms with Gasteiger partial charge >= 0.3 is 5.97 Å². The van der Waals surface area contributed by atoms with Gasteiger partial charge in [0.15, 0.2) is 0 Å². The average Bonchev–Trinajstić information content (AvgIpc) is 2.03. The quantitative estimate of drug-likeness (QED) is 0.643. The van der Waals surface area contributed by atoms with E-state index in [2.05, 4.69) is 19.2 Å². The molecule has 13 heavy (non-hydrogen) atoms. The van der Waals surface area contributed by atoms with Crippen molar-refractivity contribution in [2.45, 2.75) is 52.7 Å². The summed E-state index contributed by atoms with van der Waals surface area (Å²) >= 11 is 0. The van der Waals surface area contributed by atoms with E-state index >= 15 is 0 Å². The summed E-state index contributed by atoms with van der Waals surface area (Å²) in [5.74, 6) is -0.109. The van der Waals surface area contributed by atoms with Crippen LogP contribution in [0.2, 0.25) is 0 Å². The number of carbonyl (C=O) groups excluding carboxylic acids is 1. The van der Waals surface area contributed by atoms with Gasteiger partial charge in [-0.2, -0.15) is 0 Å². The van der Waals surface area contributed by atoms with Gasteiger partial charge in [0.25, 0.3) is 0 Å². The molecule has 0 bridgehead atoms. The number of nitrogens with one attached hydrogen (secondary N) is 1. The number of ether oxygens (including phenoxy) is 1. The van der Waals surface area contributed by atoms with Gasteiger partial charge in [-0.15, -0.1) is 0 Å². The largest absolute Gasteiger partial charge is 0.463 e. The fraction of sp³-hybridized carbons (Fsp3) is 0.900. The number of carbonyl (C=O) groups is 1. The molecule has 3 heteroatoms. The first-order valence-corrected chi connectivity index (χ1v) is 4.99. The molecule has 0 spiro atoms. The lowest BCUT2D eigenvalue weighted by atomic mass is 10.3. The van der Waals surface area contributed by atoms with Crippen molar-refractivity contribution in [3.05, 3.63) is 0 Å². The Morgan fingerprint density at radius 1 is 1.38 bits per heavy atom. The van der Waals surface area contributed by atoms with Crippen molar-refractivity contribution in [2.24, 2.45) is 0 Å². The van der Waals surface area contributed by atoms with Gasteiger partial charge < -0.3 is 10.1 Å². The molecule has 0 radical (unpaired) electrons. The number of esters is 1. The number of hydrogen-bond donors (Lipinski definition) is 1. The van der Waals surface area contributed by atoms with Gasteiger partial charge in [-0.1, -0.05) is 20.8 Å². The average molecular weight is 187 g/mol. The van der Waals surface area contributed by atoms with Crippen molar-refractivity contribution in [3.63, 3.8) is 0 Å². The Balaban J connectivity index is 3.41. The normalized spacial score (nSPS) is 13.0. The molecule has 0 rings (SSSR count). The molecule has 0 aromatic heterocycles. The van der Waals surface area contributed by atoms with Gasteiger partial charge in [0, 0.05) is 12.6 Å². The van der Waals surface area contributed by atoms with E-state index in [-0.39, 0.29) is 12.1 Å². The Kier molecular flexibility index (Phi) is 6.59. The third kappa shape index (κ3) is 7.78. The van der Waals surface area contributed by atoms with E-state index in [1.165, 1.54) is 0 Å². The lowest BCUT2D eigenvalue weighted by Gasteiger charge is -2.11. The van der Waals surface area contributed by atoms with Gasteiger partial charge in [0.2, 0.25) is 0 Å². The van der Waals surface area contributed by atoms with Crippen molar-refractivity contribution >= 4 is 5.97 Å². The minimum atomic E-state index is -0.109. The predicted molar refractivity (Wildman–Crippen MR) is 53.6 cm³/mol. The molecule has 3 nitrogen and oxygen atoms in total. The van der Waals surface area contributed by atoms with Crippen LogP contribution < -0.4 is 5.32 Å². The van der Waals surface area contributed by atoms with Crippen LogP contribution in [0.4, 0.5) is 0 Å². The van der Waals surface area contributed by atoms with Gasteiger partial charge in [-0.05, 0) is 13.3 Å². The highest BCUT2D eigenvalue weighted by molar-refractivity contribution is 5.69. The number of rotatable bonds is 6. The fourth-order valence-electron chi connectivity index (χ4n) is 0.830. The Morgan fingerprint density at radius 2 is 2.00 bits per heavy atom. The van der Waals surface area contributed by atoms with E-state index in [0.29, 0.717) is 19.0 Å². The summed E-state index contributed by atoms with van der Waals surface area (Å²) in [7, 11) is 0. The molecule has 1 N–H and O–H groups in total. The zero-order valence-electron chi connectivity index (χ0n) is 9.09. The molecule has 0 aliphatic carbocycles. The van der Waals surface area contributed by atoms with Crippen LogP contribution in [0.5, 0.6) is 0 Å². The van der Waals surface area contributed by atoms with Gasteiger partial charge in [-0.3, -0.25) is 4.79 Å². The monoisotopic (exact) mass is 187 g/mol. The van der Waals surface area contributed by atoms with E-state index < -0.39 is 0 Å². The molecule has 0 heterocycles. The van der Waals surface area contributed by atoms with E-state index in [0.717, 1.165) is 6.42 Å². The summed E-state index contributed by atoms with van der Waals surface area (Å²) < 4.78 is 5.10. The maximum Gasteiger partial charge on any atom is 0.307 e. The van der Waals surface area contributed by atoms with Crippen LogP contribution in [-0.4, -0.2) is 24.7 Å². The van der Waals surface area contributed by atoms with Crippen molar-refractivity contribution in [1.29, 1.82) is 0 Å². The Hall–Kier alpha value is -0.570. The maximum atomic E-state index is 11.1. The first kappa shape index (κ1) is 12.4. The van der Waals surface area contributed by atoms with Crippen LogP contribution in [0, 0.1) is 0 Å².